The number of carbonyl (C=O) groups is 1. The van der Waals surface area contributed by atoms with E-state index in [1.165, 1.54) is 6.07 Å². The summed E-state index contributed by atoms with van der Waals surface area (Å²) in [6.45, 7) is 5.61. The summed E-state index contributed by atoms with van der Waals surface area (Å²) in [5.41, 5.74) is 2.36. The maximum absolute atomic E-state index is 14.0. The van der Waals surface area contributed by atoms with Gasteiger partial charge >= 0.3 is 12.1 Å². The van der Waals surface area contributed by atoms with Crippen LogP contribution in [0.2, 0.25) is 0 Å². The third-order valence-electron chi connectivity index (χ3n) is 6.65. The van der Waals surface area contributed by atoms with Gasteiger partial charge in [-0.2, -0.15) is 18.2 Å². The summed E-state index contributed by atoms with van der Waals surface area (Å²) in [6, 6.07) is 18.3. The highest BCUT2D eigenvalue weighted by atomic mass is 19.4. The molecule has 0 radical (unpaired) electrons. The Morgan fingerprint density at radius 3 is 2.30 bits per heavy atom. The quantitative estimate of drug-likeness (QED) is 0.261. The smallest absolute Gasteiger partial charge is 0.417 e. The Hall–Kier alpha value is -3.94. The van der Waals surface area contributed by atoms with Crippen molar-refractivity contribution in [2.24, 2.45) is 5.92 Å². The number of hydrogen-bond donors (Lipinski definition) is 1. The van der Waals surface area contributed by atoms with Gasteiger partial charge < -0.3 is 9.63 Å². The Balaban J connectivity index is 1.60. The molecule has 0 aliphatic carbocycles. The first-order valence-electron chi connectivity index (χ1n) is 12.0. The van der Waals surface area contributed by atoms with Gasteiger partial charge in [0, 0.05) is 11.1 Å². The Morgan fingerprint density at radius 1 is 1.00 bits per heavy atom. The molecule has 2 atom stereocenters. The summed E-state index contributed by atoms with van der Waals surface area (Å²) >= 11 is 0. The number of aryl methyl sites for hydroxylation is 1. The van der Waals surface area contributed by atoms with E-state index in [1.807, 2.05) is 26.0 Å². The summed E-state index contributed by atoms with van der Waals surface area (Å²) in [4.78, 5) is 15.7. The van der Waals surface area contributed by atoms with Gasteiger partial charge in [0.05, 0.1) is 11.5 Å². The average Bonchev–Trinajstić information content (AvgIpc) is 3.37. The van der Waals surface area contributed by atoms with Crippen LogP contribution in [-0.4, -0.2) is 21.2 Å². The van der Waals surface area contributed by atoms with E-state index in [-0.39, 0.29) is 28.8 Å². The molecule has 5 nitrogen and oxygen atoms in total. The lowest BCUT2D eigenvalue weighted by atomic mass is 9.88. The fraction of sp³-hybridized carbons (Fsp3) is 0.276. The summed E-state index contributed by atoms with van der Waals surface area (Å²) in [7, 11) is 0. The number of carboxylic acids is 1. The van der Waals surface area contributed by atoms with Crippen molar-refractivity contribution in [3.63, 3.8) is 0 Å². The summed E-state index contributed by atoms with van der Waals surface area (Å²) in [5.74, 6) is -0.924. The van der Waals surface area contributed by atoms with Gasteiger partial charge in [0.25, 0.3) is 5.89 Å². The van der Waals surface area contributed by atoms with Crippen LogP contribution in [0.4, 0.5) is 13.2 Å². The SMILES string of the molecule is CC[C@@H](C[C@H](C)c1ccc(-c2noc(-c3ccc(-c4ccccc4C)c(C(F)(F)F)c3)n2)cc1)C(=O)O. The number of aromatic nitrogens is 2. The van der Waals surface area contributed by atoms with Crippen LogP contribution in [0.25, 0.3) is 34.0 Å². The minimum Gasteiger partial charge on any atom is -0.481 e. The molecule has 1 N–H and O–H groups in total. The zero-order chi connectivity index (χ0) is 26.7. The van der Waals surface area contributed by atoms with Gasteiger partial charge in [-0.3, -0.25) is 4.79 Å². The number of halogens is 3. The van der Waals surface area contributed by atoms with Crippen LogP contribution in [-0.2, 0) is 11.0 Å². The van der Waals surface area contributed by atoms with Crippen LogP contribution in [0.15, 0.2) is 71.3 Å². The standard InChI is InChI=1S/C29H27F3N2O3/c1-4-19(28(35)36)15-18(3)20-9-11-21(12-10-20)26-33-27(37-34-26)22-13-14-24(25(16-22)29(30,31)32)23-8-6-5-7-17(23)2/h5-14,16,18-19H,4,15H2,1-3H3,(H,35,36)/t18-,19-/m0/s1. The fourth-order valence-electron chi connectivity index (χ4n) is 4.45. The zero-order valence-electron chi connectivity index (χ0n) is 20.7. The molecule has 4 rings (SSSR count). The second kappa shape index (κ2) is 10.6. The molecular formula is C29H27F3N2O3. The Morgan fingerprint density at radius 2 is 1.68 bits per heavy atom. The van der Waals surface area contributed by atoms with Crippen LogP contribution in [0.1, 0.15) is 49.3 Å². The average molecular weight is 509 g/mol. The summed E-state index contributed by atoms with van der Waals surface area (Å²) in [6.07, 6.45) is -3.48. The number of aliphatic carboxylic acids is 1. The molecule has 0 amide bonds. The van der Waals surface area contributed by atoms with Crippen molar-refractivity contribution >= 4 is 5.97 Å². The van der Waals surface area contributed by atoms with Crippen molar-refractivity contribution in [1.29, 1.82) is 0 Å². The Kier molecular flexibility index (Phi) is 7.47. The first-order valence-corrected chi connectivity index (χ1v) is 12.0. The van der Waals surface area contributed by atoms with Crippen molar-refractivity contribution < 1.29 is 27.6 Å². The highest BCUT2D eigenvalue weighted by molar-refractivity contribution is 5.74. The Labute approximate surface area is 213 Å². The monoisotopic (exact) mass is 508 g/mol. The molecule has 37 heavy (non-hydrogen) atoms. The molecular weight excluding hydrogens is 481 g/mol. The van der Waals surface area contributed by atoms with Crippen LogP contribution in [0.3, 0.4) is 0 Å². The lowest BCUT2D eigenvalue weighted by Crippen LogP contribution is -2.15. The van der Waals surface area contributed by atoms with Crippen molar-refractivity contribution in [2.75, 3.05) is 0 Å². The van der Waals surface area contributed by atoms with Gasteiger partial charge in [-0.25, -0.2) is 0 Å². The zero-order valence-corrected chi connectivity index (χ0v) is 20.7. The van der Waals surface area contributed by atoms with Gasteiger partial charge in [-0.15, -0.1) is 0 Å². The van der Waals surface area contributed by atoms with E-state index >= 15 is 0 Å². The maximum Gasteiger partial charge on any atom is 0.417 e. The van der Waals surface area contributed by atoms with Gasteiger partial charge in [0.15, 0.2) is 0 Å². The third kappa shape index (κ3) is 5.74. The number of benzene rings is 3. The fourth-order valence-corrected chi connectivity index (χ4v) is 4.45. The van der Waals surface area contributed by atoms with E-state index < -0.39 is 23.6 Å². The molecule has 0 unspecified atom stereocenters. The molecule has 4 aromatic rings. The van der Waals surface area contributed by atoms with E-state index in [4.69, 9.17) is 4.52 Å². The molecule has 0 fully saturated rings. The minimum absolute atomic E-state index is 0.0125. The summed E-state index contributed by atoms with van der Waals surface area (Å²) in [5, 5.41) is 13.3. The van der Waals surface area contributed by atoms with Crippen molar-refractivity contribution in [1.82, 2.24) is 10.1 Å². The van der Waals surface area contributed by atoms with E-state index in [9.17, 15) is 23.1 Å². The highest BCUT2D eigenvalue weighted by Gasteiger charge is 2.34. The predicted molar refractivity (Wildman–Crippen MR) is 135 cm³/mol. The highest BCUT2D eigenvalue weighted by Crippen LogP contribution is 2.40. The molecule has 192 valence electrons. The molecule has 1 heterocycles. The molecule has 1 aromatic heterocycles. The van der Waals surface area contributed by atoms with E-state index in [0.717, 1.165) is 17.2 Å². The second-order valence-corrected chi connectivity index (χ2v) is 9.20. The molecule has 0 spiro atoms. The number of alkyl halides is 3. The molecule has 0 bridgehead atoms. The van der Waals surface area contributed by atoms with Crippen LogP contribution >= 0.6 is 0 Å². The molecule has 3 aromatic carbocycles. The van der Waals surface area contributed by atoms with Gasteiger partial charge in [-0.1, -0.05) is 73.6 Å². The Bertz CT molecular complexity index is 1390. The van der Waals surface area contributed by atoms with Gasteiger partial charge in [-0.05, 0) is 60.1 Å². The van der Waals surface area contributed by atoms with E-state index in [1.54, 1.807) is 49.4 Å². The molecule has 0 aliphatic rings. The van der Waals surface area contributed by atoms with Gasteiger partial charge in [0.2, 0.25) is 5.82 Å². The molecule has 0 saturated carbocycles. The van der Waals surface area contributed by atoms with Gasteiger partial charge in [0.1, 0.15) is 0 Å². The number of rotatable bonds is 8. The maximum atomic E-state index is 14.0. The van der Waals surface area contributed by atoms with Crippen molar-refractivity contribution in [3.05, 3.63) is 83.4 Å². The normalized spacial score (nSPS) is 13.4. The summed E-state index contributed by atoms with van der Waals surface area (Å²) < 4.78 is 47.3. The number of hydrogen-bond acceptors (Lipinski definition) is 4. The van der Waals surface area contributed by atoms with E-state index in [0.29, 0.717) is 24.0 Å². The van der Waals surface area contributed by atoms with Crippen LogP contribution < -0.4 is 0 Å². The molecule has 0 saturated heterocycles. The van der Waals surface area contributed by atoms with Crippen LogP contribution in [0.5, 0.6) is 0 Å². The lowest BCUT2D eigenvalue weighted by Gasteiger charge is -2.16. The largest absolute Gasteiger partial charge is 0.481 e. The molecule has 8 heteroatoms. The third-order valence-corrected chi connectivity index (χ3v) is 6.65. The number of nitrogens with zero attached hydrogens (tertiary/aromatic N) is 2. The minimum atomic E-state index is -4.57. The van der Waals surface area contributed by atoms with E-state index in [2.05, 4.69) is 10.1 Å². The predicted octanol–water partition coefficient (Wildman–Crippen LogP) is 8.00. The topological polar surface area (TPSA) is 76.2 Å². The second-order valence-electron chi connectivity index (χ2n) is 9.20. The molecule has 0 aliphatic heterocycles. The van der Waals surface area contributed by atoms with Crippen molar-refractivity contribution in [3.8, 4) is 34.0 Å². The number of carboxylic acid groups (broad SMARTS) is 1. The lowest BCUT2D eigenvalue weighted by molar-refractivity contribution is -0.142. The van der Waals surface area contributed by atoms with Crippen molar-refractivity contribution in [2.45, 2.75) is 45.7 Å². The van der Waals surface area contributed by atoms with Crippen LogP contribution in [0, 0.1) is 12.8 Å². The first-order chi connectivity index (χ1) is 17.6. The first kappa shape index (κ1) is 26.1.